The largest absolute Gasteiger partial charge is 0.493 e. The molecule has 0 aromatic carbocycles. The van der Waals surface area contributed by atoms with E-state index < -0.39 is 5.69 Å². The molecule has 0 amide bonds. The lowest BCUT2D eigenvalue weighted by Crippen LogP contribution is -2.28. The van der Waals surface area contributed by atoms with Gasteiger partial charge in [-0.2, -0.15) is 9.61 Å². The molecule has 0 aliphatic heterocycles. The minimum Gasteiger partial charge on any atom is -0.493 e. The van der Waals surface area contributed by atoms with Crippen LogP contribution in [0.1, 0.15) is 62.1 Å². The number of rotatable bonds is 6. The van der Waals surface area contributed by atoms with Crippen LogP contribution in [0.25, 0.3) is 23.0 Å². The van der Waals surface area contributed by atoms with Crippen LogP contribution < -0.4 is 21.7 Å². The molecule has 1 atom stereocenters. The van der Waals surface area contributed by atoms with E-state index in [1.165, 1.54) is 30.6 Å². The molecular formula is C24H27N7O2S. The molecule has 9 nitrogen and oxygen atoms in total. The van der Waals surface area contributed by atoms with Crippen molar-refractivity contribution in [3.05, 3.63) is 55.5 Å². The number of fused-ring (bicyclic) bond motifs is 1. The minimum atomic E-state index is -0.468. The quantitative estimate of drug-likeness (QED) is 0.340. The third-order valence-corrected chi connectivity index (χ3v) is 7.68. The Kier molecular flexibility index (Phi) is 5.34. The molecule has 4 aromatic heterocycles. The summed E-state index contributed by atoms with van der Waals surface area (Å²) in [6.07, 6.45) is 10.7. The lowest BCUT2D eigenvalue weighted by atomic mass is 10.1. The Bertz CT molecular complexity index is 1520. The van der Waals surface area contributed by atoms with Crippen LogP contribution in [0.4, 0.5) is 0 Å². The van der Waals surface area contributed by atoms with E-state index in [0.29, 0.717) is 29.0 Å². The summed E-state index contributed by atoms with van der Waals surface area (Å²) in [7, 11) is 0. The van der Waals surface area contributed by atoms with Gasteiger partial charge in [-0.05, 0) is 44.7 Å². The summed E-state index contributed by atoms with van der Waals surface area (Å²) in [4.78, 5) is 27.5. The molecule has 2 fully saturated rings. The van der Waals surface area contributed by atoms with E-state index in [4.69, 9.17) is 9.98 Å². The molecule has 0 radical (unpaired) electrons. The summed E-state index contributed by atoms with van der Waals surface area (Å²) in [6.45, 7) is 2.23. The van der Waals surface area contributed by atoms with E-state index in [2.05, 4.69) is 38.8 Å². The fourth-order valence-corrected chi connectivity index (χ4v) is 5.51. The van der Waals surface area contributed by atoms with Crippen molar-refractivity contribution in [2.75, 3.05) is 0 Å². The van der Waals surface area contributed by atoms with Crippen molar-refractivity contribution in [1.82, 2.24) is 29.9 Å². The monoisotopic (exact) mass is 477 g/mol. The molecule has 4 N–H and O–H groups in total. The number of hydrogen-bond donors (Lipinski definition) is 4. The Morgan fingerprint density at radius 2 is 2.09 bits per heavy atom. The maximum Gasteiger partial charge on any atom is 0.326 e. The molecule has 10 heteroatoms. The number of aromatic amines is 2. The van der Waals surface area contributed by atoms with Crippen LogP contribution in [-0.4, -0.2) is 41.8 Å². The number of aromatic hydroxyl groups is 1. The first kappa shape index (κ1) is 21.3. The first-order chi connectivity index (χ1) is 16.5. The average molecular weight is 478 g/mol. The summed E-state index contributed by atoms with van der Waals surface area (Å²) >= 11 is 1.75. The van der Waals surface area contributed by atoms with Crippen molar-refractivity contribution in [2.24, 2.45) is 4.99 Å². The normalized spacial score (nSPS) is 19.0. The molecule has 2 aliphatic carbocycles. The van der Waals surface area contributed by atoms with Gasteiger partial charge >= 0.3 is 5.69 Å². The van der Waals surface area contributed by atoms with E-state index in [-0.39, 0.29) is 11.6 Å². The van der Waals surface area contributed by atoms with Crippen molar-refractivity contribution in [1.29, 1.82) is 0 Å². The van der Waals surface area contributed by atoms with Gasteiger partial charge in [0.05, 0.1) is 17.9 Å². The molecular weight excluding hydrogens is 450 g/mol. The van der Waals surface area contributed by atoms with E-state index in [1.54, 1.807) is 28.1 Å². The van der Waals surface area contributed by atoms with Gasteiger partial charge in [-0.3, -0.25) is 9.98 Å². The molecule has 4 aromatic rings. The van der Waals surface area contributed by atoms with Gasteiger partial charge in [-0.1, -0.05) is 12.8 Å². The molecule has 34 heavy (non-hydrogen) atoms. The van der Waals surface area contributed by atoms with Crippen LogP contribution in [0.15, 0.2) is 33.5 Å². The van der Waals surface area contributed by atoms with Gasteiger partial charge in [0.2, 0.25) is 5.88 Å². The van der Waals surface area contributed by atoms with Crippen molar-refractivity contribution in [3.63, 3.8) is 0 Å². The van der Waals surface area contributed by atoms with Crippen molar-refractivity contribution >= 4 is 23.1 Å². The molecule has 4 heterocycles. The molecule has 2 aliphatic rings. The number of imidazole rings is 1. The predicted octanol–water partition coefficient (Wildman–Crippen LogP) is 2.38. The molecule has 1 unspecified atom stereocenters. The SMILES string of the molecule is CC(NC1CCCC1)c1cc(-c2cc(=NC3CC3)n3ncc(=Cc4[nH]c(=O)[nH]c4O)c3n2)cs1. The van der Waals surface area contributed by atoms with Crippen molar-refractivity contribution < 1.29 is 5.11 Å². The highest BCUT2D eigenvalue weighted by molar-refractivity contribution is 7.10. The first-order valence-corrected chi connectivity index (χ1v) is 12.7. The van der Waals surface area contributed by atoms with Gasteiger partial charge < -0.3 is 15.4 Å². The predicted molar refractivity (Wildman–Crippen MR) is 131 cm³/mol. The molecule has 2 saturated carbocycles. The third-order valence-electron chi connectivity index (χ3n) is 6.56. The van der Waals surface area contributed by atoms with Crippen LogP contribution in [0.3, 0.4) is 0 Å². The zero-order valence-corrected chi connectivity index (χ0v) is 19.7. The number of hydrogen-bond acceptors (Lipinski definition) is 7. The summed E-state index contributed by atoms with van der Waals surface area (Å²) in [5, 5.41) is 21.1. The Morgan fingerprint density at radius 1 is 1.26 bits per heavy atom. The topological polar surface area (TPSA) is 123 Å². The standard InChI is InChI=1S/C24H27N7O2S/c1-13(26-16-4-2-3-5-16)20-9-15(12-34-20)18-10-21(27-17-6-7-17)31-22(28-18)14(11-25-31)8-19-23(32)30-24(33)29-19/h8-13,16-17,26,32H,2-7H2,1H3,(H2,29,30,33). The highest BCUT2D eigenvalue weighted by Crippen LogP contribution is 2.30. The average Bonchev–Trinajstić information content (AvgIpc) is 3.24. The van der Waals surface area contributed by atoms with Crippen LogP contribution >= 0.6 is 11.3 Å². The Labute approximate surface area is 199 Å². The Hall–Kier alpha value is -3.24. The van der Waals surface area contributed by atoms with Crippen LogP contribution in [0.5, 0.6) is 5.88 Å². The second-order valence-electron chi connectivity index (χ2n) is 9.29. The zero-order valence-electron chi connectivity index (χ0n) is 18.9. The molecule has 6 rings (SSSR count). The molecule has 0 saturated heterocycles. The Morgan fingerprint density at radius 3 is 2.82 bits per heavy atom. The maximum absolute atomic E-state index is 11.5. The summed E-state index contributed by atoms with van der Waals surface area (Å²) in [5.74, 6) is -0.213. The smallest absolute Gasteiger partial charge is 0.326 e. The molecule has 0 spiro atoms. The van der Waals surface area contributed by atoms with Gasteiger partial charge in [0.15, 0.2) is 11.1 Å². The summed E-state index contributed by atoms with van der Waals surface area (Å²) in [5.41, 5.74) is 3.10. The lowest BCUT2D eigenvalue weighted by Gasteiger charge is -2.17. The highest BCUT2D eigenvalue weighted by atomic mass is 32.1. The number of nitrogens with one attached hydrogen (secondary N) is 3. The van der Waals surface area contributed by atoms with Gasteiger partial charge in [0.25, 0.3) is 0 Å². The van der Waals surface area contributed by atoms with Gasteiger partial charge in [-0.15, -0.1) is 11.3 Å². The minimum absolute atomic E-state index is 0.213. The van der Waals surface area contributed by atoms with Gasteiger partial charge in [0.1, 0.15) is 5.69 Å². The Balaban J connectivity index is 1.42. The second-order valence-corrected chi connectivity index (χ2v) is 10.2. The summed E-state index contributed by atoms with van der Waals surface area (Å²) < 4.78 is 1.73. The van der Waals surface area contributed by atoms with E-state index in [9.17, 15) is 9.90 Å². The third kappa shape index (κ3) is 4.19. The molecule has 176 valence electrons. The van der Waals surface area contributed by atoms with Crippen LogP contribution in [-0.2, 0) is 0 Å². The number of H-pyrrole nitrogens is 2. The fraction of sp³-hybridized carbons (Fsp3) is 0.417. The van der Waals surface area contributed by atoms with E-state index >= 15 is 0 Å². The number of thiophene rings is 1. The zero-order chi connectivity index (χ0) is 23.2. The van der Waals surface area contributed by atoms with Crippen LogP contribution in [0, 0.1) is 0 Å². The van der Waals surface area contributed by atoms with Crippen molar-refractivity contribution in [3.8, 4) is 17.1 Å². The van der Waals surface area contributed by atoms with Gasteiger partial charge in [-0.25, -0.2) is 9.78 Å². The van der Waals surface area contributed by atoms with Crippen molar-refractivity contribution in [2.45, 2.75) is 63.6 Å². The maximum atomic E-state index is 11.5. The van der Waals surface area contributed by atoms with Crippen LogP contribution in [0.2, 0.25) is 0 Å². The van der Waals surface area contributed by atoms with E-state index in [1.807, 2.05) is 6.07 Å². The summed E-state index contributed by atoms with van der Waals surface area (Å²) in [6, 6.07) is 5.45. The first-order valence-electron chi connectivity index (χ1n) is 11.8. The fourth-order valence-electron chi connectivity index (χ4n) is 4.59. The number of nitrogens with zero attached hydrogens (tertiary/aromatic N) is 4. The molecule has 0 bridgehead atoms. The number of aromatic nitrogens is 5. The highest BCUT2D eigenvalue weighted by Gasteiger charge is 2.21. The van der Waals surface area contributed by atoms with E-state index in [0.717, 1.165) is 29.6 Å². The lowest BCUT2D eigenvalue weighted by molar-refractivity contribution is 0.454. The second kappa shape index (κ2) is 8.52. The van der Waals surface area contributed by atoms with Gasteiger partial charge in [0, 0.05) is 39.2 Å².